The van der Waals surface area contributed by atoms with E-state index in [0.29, 0.717) is 17.4 Å². The Morgan fingerprint density at radius 2 is 1.92 bits per heavy atom. The average Bonchev–Trinajstić information content (AvgIpc) is 3.09. The summed E-state index contributed by atoms with van der Waals surface area (Å²) in [5, 5.41) is 6.46. The molecule has 1 N–H and O–H groups in total. The number of aryl methyl sites for hydroxylation is 1. The van der Waals surface area contributed by atoms with Crippen molar-refractivity contribution in [2.45, 2.75) is 45.8 Å². The summed E-state index contributed by atoms with van der Waals surface area (Å²) in [7, 11) is 0. The van der Waals surface area contributed by atoms with E-state index in [0.717, 1.165) is 10.3 Å². The first-order valence-electron chi connectivity index (χ1n) is 7.55. The van der Waals surface area contributed by atoms with Crippen LogP contribution in [-0.4, -0.2) is 24.6 Å². The Bertz CT molecular complexity index is 906. The van der Waals surface area contributed by atoms with E-state index in [1.165, 1.54) is 0 Å². The van der Waals surface area contributed by atoms with Crippen LogP contribution in [0.3, 0.4) is 0 Å². The van der Waals surface area contributed by atoms with Crippen LogP contribution in [0, 0.1) is 6.92 Å². The van der Waals surface area contributed by atoms with E-state index < -0.39 is 12.0 Å². The molecule has 0 radical (unpaired) electrons. The van der Waals surface area contributed by atoms with Crippen LogP contribution in [0.1, 0.15) is 43.9 Å². The average molecular weight is 354 g/mol. The summed E-state index contributed by atoms with van der Waals surface area (Å²) in [5.74, 6) is 0.0996. The van der Waals surface area contributed by atoms with Gasteiger partial charge in [-0.05, 0) is 6.92 Å². The fourth-order valence-electron chi connectivity index (χ4n) is 2.14. The SMILES string of the molecule is Cc1cc(NCc2ncc(C(C)(C)C)o2)n2nc(C(F)(F)F)nc2n1. The van der Waals surface area contributed by atoms with Crippen molar-refractivity contribution in [3.05, 3.63) is 35.4 Å². The number of rotatable bonds is 3. The lowest BCUT2D eigenvalue weighted by molar-refractivity contribution is -0.144. The largest absolute Gasteiger partial charge is 0.453 e. The fourth-order valence-corrected chi connectivity index (χ4v) is 2.14. The van der Waals surface area contributed by atoms with Crippen LogP contribution in [0.4, 0.5) is 19.0 Å². The molecule has 134 valence electrons. The Labute approximate surface area is 141 Å². The van der Waals surface area contributed by atoms with Crippen LogP contribution in [0.2, 0.25) is 0 Å². The zero-order valence-corrected chi connectivity index (χ0v) is 14.1. The maximum absolute atomic E-state index is 12.8. The highest BCUT2D eigenvalue weighted by atomic mass is 19.4. The summed E-state index contributed by atoms with van der Waals surface area (Å²) in [6, 6.07) is 1.58. The van der Waals surface area contributed by atoms with Crippen molar-refractivity contribution in [3.63, 3.8) is 0 Å². The van der Waals surface area contributed by atoms with Gasteiger partial charge in [0.1, 0.15) is 11.6 Å². The lowest BCUT2D eigenvalue weighted by atomic mass is 9.94. The van der Waals surface area contributed by atoms with Crippen molar-refractivity contribution in [2.24, 2.45) is 0 Å². The molecule has 0 saturated heterocycles. The van der Waals surface area contributed by atoms with Gasteiger partial charge in [-0.15, -0.1) is 5.10 Å². The van der Waals surface area contributed by atoms with Crippen molar-refractivity contribution in [3.8, 4) is 0 Å². The van der Waals surface area contributed by atoms with Gasteiger partial charge >= 0.3 is 6.18 Å². The van der Waals surface area contributed by atoms with E-state index in [-0.39, 0.29) is 17.7 Å². The van der Waals surface area contributed by atoms with Crippen LogP contribution >= 0.6 is 0 Å². The Morgan fingerprint density at radius 3 is 2.52 bits per heavy atom. The third-order valence-electron chi connectivity index (χ3n) is 3.41. The number of fused-ring (bicyclic) bond motifs is 1. The highest BCUT2D eigenvalue weighted by Crippen LogP contribution is 2.27. The molecule has 0 aliphatic rings. The molecule has 0 atom stereocenters. The van der Waals surface area contributed by atoms with Crippen LogP contribution in [0.25, 0.3) is 5.78 Å². The molecule has 0 saturated carbocycles. The number of nitrogens with zero attached hydrogens (tertiary/aromatic N) is 5. The van der Waals surface area contributed by atoms with Crippen LogP contribution in [0.15, 0.2) is 16.7 Å². The van der Waals surface area contributed by atoms with E-state index in [4.69, 9.17) is 4.42 Å². The smallest absolute Gasteiger partial charge is 0.443 e. The van der Waals surface area contributed by atoms with E-state index in [1.54, 1.807) is 19.2 Å². The summed E-state index contributed by atoms with van der Waals surface area (Å²) in [4.78, 5) is 11.6. The number of hydrogen-bond acceptors (Lipinski definition) is 6. The molecule has 3 rings (SSSR count). The van der Waals surface area contributed by atoms with Crippen LogP contribution in [-0.2, 0) is 18.1 Å². The van der Waals surface area contributed by atoms with E-state index in [2.05, 4.69) is 25.4 Å². The summed E-state index contributed by atoms with van der Waals surface area (Å²) in [5.41, 5.74) is 0.332. The molecule has 0 bridgehead atoms. The highest BCUT2D eigenvalue weighted by molar-refractivity contribution is 5.45. The third-order valence-corrected chi connectivity index (χ3v) is 3.41. The van der Waals surface area contributed by atoms with Crippen molar-refractivity contribution in [1.29, 1.82) is 0 Å². The Balaban J connectivity index is 1.88. The Hall–Kier alpha value is -2.65. The Morgan fingerprint density at radius 1 is 1.20 bits per heavy atom. The molecule has 25 heavy (non-hydrogen) atoms. The van der Waals surface area contributed by atoms with Gasteiger partial charge in [-0.3, -0.25) is 0 Å². The number of nitrogens with one attached hydrogen (secondary N) is 1. The second-order valence-corrected chi connectivity index (χ2v) is 6.65. The van der Waals surface area contributed by atoms with Gasteiger partial charge in [0.25, 0.3) is 11.6 Å². The predicted molar refractivity (Wildman–Crippen MR) is 83.1 cm³/mol. The van der Waals surface area contributed by atoms with Gasteiger partial charge < -0.3 is 9.73 Å². The predicted octanol–water partition coefficient (Wildman–Crippen LogP) is 3.35. The lowest BCUT2D eigenvalue weighted by Crippen LogP contribution is -2.10. The van der Waals surface area contributed by atoms with Gasteiger partial charge in [0.2, 0.25) is 5.89 Å². The summed E-state index contributed by atoms with van der Waals surface area (Å²) in [6.07, 6.45) is -3.00. The molecule has 0 amide bonds. The van der Waals surface area contributed by atoms with Crippen molar-refractivity contribution in [1.82, 2.24) is 24.6 Å². The molecule has 0 fully saturated rings. The molecule has 0 aliphatic carbocycles. The van der Waals surface area contributed by atoms with Crippen molar-refractivity contribution >= 4 is 11.6 Å². The molecule has 3 heterocycles. The fraction of sp³-hybridized carbons (Fsp3) is 0.467. The van der Waals surface area contributed by atoms with Gasteiger partial charge in [-0.1, -0.05) is 20.8 Å². The minimum atomic E-state index is -4.64. The molecular weight excluding hydrogens is 337 g/mol. The standard InChI is InChI=1S/C15H17F3N6O/c1-8-5-10(19-7-11-20-6-9(25-11)14(2,3)4)24-13(21-8)22-12(23-24)15(16,17)18/h5-6,19H,7H2,1-4H3. The van der Waals surface area contributed by atoms with Crippen LogP contribution in [0.5, 0.6) is 0 Å². The molecule has 3 aromatic rings. The zero-order valence-electron chi connectivity index (χ0n) is 14.1. The molecular formula is C15H17F3N6O. The van der Waals surface area contributed by atoms with Gasteiger partial charge in [0, 0.05) is 17.2 Å². The number of aromatic nitrogens is 5. The Kier molecular flexibility index (Phi) is 3.92. The molecule has 0 unspecified atom stereocenters. The van der Waals surface area contributed by atoms with Gasteiger partial charge in [0.05, 0.1) is 12.7 Å². The summed E-state index contributed by atoms with van der Waals surface area (Å²) in [6.45, 7) is 7.84. The minimum Gasteiger partial charge on any atom is -0.443 e. The third kappa shape index (κ3) is 3.57. The minimum absolute atomic E-state index is 0.127. The van der Waals surface area contributed by atoms with Crippen molar-refractivity contribution in [2.75, 3.05) is 5.32 Å². The van der Waals surface area contributed by atoms with Crippen molar-refractivity contribution < 1.29 is 17.6 Å². The zero-order chi connectivity index (χ0) is 18.4. The molecule has 0 aromatic carbocycles. The maximum Gasteiger partial charge on any atom is 0.453 e. The number of halogens is 3. The van der Waals surface area contributed by atoms with Gasteiger partial charge in [0.15, 0.2) is 0 Å². The monoisotopic (exact) mass is 354 g/mol. The second kappa shape index (κ2) is 5.71. The normalized spacial score (nSPS) is 12.8. The quantitative estimate of drug-likeness (QED) is 0.777. The van der Waals surface area contributed by atoms with Crippen LogP contribution < -0.4 is 5.32 Å². The lowest BCUT2D eigenvalue weighted by Gasteiger charge is -2.13. The van der Waals surface area contributed by atoms with E-state index >= 15 is 0 Å². The first-order valence-corrected chi connectivity index (χ1v) is 7.55. The van der Waals surface area contributed by atoms with Gasteiger partial charge in [-0.2, -0.15) is 22.7 Å². The first kappa shape index (κ1) is 17.2. The summed E-state index contributed by atoms with van der Waals surface area (Å²) < 4.78 is 45.1. The van der Waals surface area contributed by atoms with E-state index in [1.807, 2.05) is 20.8 Å². The first-order chi connectivity index (χ1) is 11.5. The number of alkyl halides is 3. The molecule has 0 spiro atoms. The molecule has 3 aromatic heterocycles. The molecule has 7 nitrogen and oxygen atoms in total. The molecule has 10 heteroatoms. The maximum atomic E-state index is 12.8. The topological polar surface area (TPSA) is 81.1 Å². The number of anilines is 1. The van der Waals surface area contributed by atoms with Gasteiger partial charge in [-0.25, -0.2) is 9.97 Å². The van der Waals surface area contributed by atoms with E-state index in [9.17, 15) is 13.2 Å². The number of oxazole rings is 1. The molecule has 0 aliphatic heterocycles. The second-order valence-electron chi connectivity index (χ2n) is 6.65. The summed E-state index contributed by atoms with van der Waals surface area (Å²) >= 11 is 0. The highest BCUT2D eigenvalue weighted by Gasteiger charge is 2.36. The number of hydrogen-bond donors (Lipinski definition) is 1.